The van der Waals surface area contributed by atoms with E-state index in [1.54, 1.807) is 7.11 Å². The molecular formula is C27H29NO4. The second-order valence-corrected chi connectivity index (χ2v) is 8.34. The molecule has 5 nitrogen and oxygen atoms in total. The molecule has 0 aromatic heterocycles. The summed E-state index contributed by atoms with van der Waals surface area (Å²) in [5, 5.41) is 3.39. The zero-order chi connectivity index (χ0) is 22.7. The third-order valence-corrected chi connectivity index (χ3v) is 6.18. The molecule has 2 aromatic rings. The van der Waals surface area contributed by atoms with Gasteiger partial charge in [-0.2, -0.15) is 0 Å². The maximum Gasteiger partial charge on any atom is 0.336 e. The first-order valence-electron chi connectivity index (χ1n) is 11.1. The average molecular weight is 432 g/mol. The fourth-order valence-corrected chi connectivity index (χ4v) is 4.70. The Bertz CT molecular complexity index is 1080. The molecule has 0 bridgehead atoms. The number of nitrogens with one attached hydrogen (secondary N) is 1. The number of ketones is 1. The van der Waals surface area contributed by atoms with E-state index >= 15 is 0 Å². The molecule has 0 radical (unpaired) electrons. The van der Waals surface area contributed by atoms with E-state index in [4.69, 9.17) is 9.47 Å². The lowest BCUT2D eigenvalue weighted by Gasteiger charge is -2.36. The fourth-order valence-electron chi connectivity index (χ4n) is 4.70. The Morgan fingerprint density at radius 2 is 1.81 bits per heavy atom. The number of benzene rings is 2. The van der Waals surface area contributed by atoms with Crippen molar-refractivity contribution < 1.29 is 19.1 Å². The normalized spacial score (nSPS) is 20.5. The van der Waals surface area contributed by atoms with Crippen LogP contribution in [0.1, 0.15) is 56.1 Å². The van der Waals surface area contributed by atoms with Crippen LogP contribution in [0.2, 0.25) is 0 Å². The third-order valence-electron chi connectivity index (χ3n) is 6.18. The maximum absolute atomic E-state index is 13.5. The summed E-state index contributed by atoms with van der Waals surface area (Å²) in [5.41, 5.74) is 4.80. The molecule has 166 valence electrons. The molecule has 1 aliphatic carbocycles. The Kier molecular flexibility index (Phi) is 6.45. The van der Waals surface area contributed by atoms with Crippen LogP contribution in [-0.4, -0.2) is 25.5 Å². The van der Waals surface area contributed by atoms with Gasteiger partial charge >= 0.3 is 5.97 Å². The standard InChI is InChI=1S/C27H29NO4/c1-4-13-32-27(30)24-17(2)28-22-15-20(18-9-6-5-7-10-18)16-23(29)26(22)25(24)19-11-8-12-21(14-19)31-3/h5-12,14,20,25,28H,4,13,15-16H2,1-3H3/t20-,25+/m1/s1. The van der Waals surface area contributed by atoms with E-state index in [9.17, 15) is 9.59 Å². The predicted octanol–water partition coefficient (Wildman–Crippen LogP) is 5.01. The van der Waals surface area contributed by atoms with Crippen LogP contribution in [0.25, 0.3) is 0 Å². The molecule has 4 rings (SSSR count). The first kappa shape index (κ1) is 21.9. The Balaban J connectivity index is 1.79. The Morgan fingerprint density at radius 1 is 1.06 bits per heavy atom. The van der Waals surface area contributed by atoms with Crippen LogP contribution in [0.3, 0.4) is 0 Å². The summed E-state index contributed by atoms with van der Waals surface area (Å²) in [4.78, 5) is 26.6. The maximum atomic E-state index is 13.5. The van der Waals surface area contributed by atoms with Gasteiger partial charge in [-0.05, 0) is 48.9 Å². The summed E-state index contributed by atoms with van der Waals surface area (Å²) in [6.07, 6.45) is 1.88. The van der Waals surface area contributed by atoms with E-state index < -0.39 is 5.92 Å². The minimum absolute atomic E-state index is 0.0636. The number of hydrogen-bond acceptors (Lipinski definition) is 5. The molecule has 1 heterocycles. The number of carbonyl (C=O) groups is 2. The molecule has 0 unspecified atom stereocenters. The van der Waals surface area contributed by atoms with Crippen molar-refractivity contribution in [1.29, 1.82) is 0 Å². The summed E-state index contributed by atoms with van der Waals surface area (Å²) in [7, 11) is 1.61. The molecule has 1 aliphatic heterocycles. The highest BCUT2D eigenvalue weighted by atomic mass is 16.5. The zero-order valence-corrected chi connectivity index (χ0v) is 18.8. The topological polar surface area (TPSA) is 64.6 Å². The molecule has 0 saturated heterocycles. The summed E-state index contributed by atoms with van der Waals surface area (Å²) >= 11 is 0. The highest BCUT2D eigenvalue weighted by Crippen LogP contribution is 2.46. The second kappa shape index (κ2) is 9.43. The van der Waals surface area contributed by atoms with Crippen molar-refractivity contribution in [2.45, 2.75) is 44.9 Å². The van der Waals surface area contributed by atoms with Crippen LogP contribution < -0.4 is 10.1 Å². The summed E-state index contributed by atoms with van der Waals surface area (Å²) in [6, 6.07) is 17.7. The van der Waals surface area contributed by atoms with E-state index in [1.807, 2.05) is 56.3 Å². The van der Waals surface area contributed by atoms with Gasteiger partial charge in [0.1, 0.15) is 5.75 Å². The first-order chi connectivity index (χ1) is 15.5. The van der Waals surface area contributed by atoms with Gasteiger partial charge in [0.25, 0.3) is 0 Å². The van der Waals surface area contributed by atoms with E-state index in [0.29, 0.717) is 29.9 Å². The van der Waals surface area contributed by atoms with Crippen LogP contribution in [0.5, 0.6) is 5.75 Å². The number of Topliss-reactive ketones (excluding diaryl/α,β-unsaturated/α-hetero) is 1. The number of hydrogen-bond donors (Lipinski definition) is 1. The average Bonchev–Trinajstić information content (AvgIpc) is 2.82. The van der Waals surface area contributed by atoms with Crippen molar-refractivity contribution in [3.05, 3.63) is 88.3 Å². The van der Waals surface area contributed by atoms with Crippen molar-refractivity contribution in [2.24, 2.45) is 0 Å². The Labute approximate surface area is 189 Å². The van der Waals surface area contributed by atoms with Gasteiger partial charge in [0, 0.05) is 29.3 Å². The van der Waals surface area contributed by atoms with Gasteiger partial charge < -0.3 is 14.8 Å². The van der Waals surface area contributed by atoms with Crippen LogP contribution >= 0.6 is 0 Å². The Hall–Kier alpha value is -3.34. The number of allylic oxidation sites excluding steroid dienone is 3. The van der Waals surface area contributed by atoms with Gasteiger partial charge in [-0.15, -0.1) is 0 Å². The number of ether oxygens (including phenoxy) is 2. The van der Waals surface area contributed by atoms with E-state index in [1.165, 1.54) is 0 Å². The Morgan fingerprint density at radius 3 is 2.53 bits per heavy atom. The highest BCUT2D eigenvalue weighted by Gasteiger charge is 2.41. The third kappa shape index (κ3) is 4.20. The largest absolute Gasteiger partial charge is 0.497 e. The van der Waals surface area contributed by atoms with E-state index in [2.05, 4.69) is 17.4 Å². The van der Waals surface area contributed by atoms with Gasteiger partial charge in [0.05, 0.1) is 19.3 Å². The molecule has 32 heavy (non-hydrogen) atoms. The van der Waals surface area contributed by atoms with E-state index in [0.717, 1.165) is 35.4 Å². The number of dihydropyridines is 1. The lowest BCUT2D eigenvalue weighted by Crippen LogP contribution is -2.36. The molecule has 2 atom stereocenters. The predicted molar refractivity (Wildman–Crippen MR) is 123 cm³/mol. The van der Waals surface area contributed by atoms with Crippen LogP contribution in [0.4, 0.5) is 0 Å². The van der Waals surface area contributed by atoms with Crippen LogP contribution in [-0.2, 0) is 14.3 Å². The van der Waals surface area contributed by atoms with Gasteiger partial charge in [0.2, 0.25) is 0 Å². The molecule has 0 amide bonds. The minimum atomic E-state index is -0.477. The molecule has 0 saturated carbocycles. The molecule has 2 aromatic carbocycles. The summed E-state index contributed by atoms with van der Waals surface area (Å²) in [6.45, 7) is 4.19. The summed E-state index contributed by atoms with van der Waals surface area (Å²) < 4.78 is 10.9. The smallest absolute Gasteiger partial charge is 0.336 e. The van der Waals surface area contributed by atoms with Crippen LogP contribution in [0.15, 0.2) is 77.1 Å². The van der Waals surface area contributed by atoms with Crippen molar-refractivity contribution in [1.82, 2.24) is 5.32 Å². The van der Waals surface area contributed by atoms with Gasteiger partial charge in [-0.1, -0.05) is 49.4 Å². The van der Waals surface area contributed by atoms with Gasteiger partial charge in [-0.3, -0.25) is 4.79 Å². The van der Waals surface area contributed by atoms with Crippen molar-refractivity contribution in [3.63, 3.8) is 0 Å². The number of rotatable bonds is 6. The minimum Gasteiger partial charge on any atom is -0.497 e. The molecule has 0 spiro atoms. The molecule has 0 fully saturated rings. The van der Waals surface area contributed by atoms with E-state index in [-0.39, 0.29) is 17.7 Å². The van der Waals surface area contributed by atoms with Crippen molar-refractivity contribution in [3.8, 4) is 5.75 Å². The van der Waals surface area contributed by atoms with Crippen LogP contribution in [0, 0.1) is 0 Å². The zero-order valence-electron chi connectivity index (χ0n) is 18.8. The fraction of sp³-hybridized carbons (Fsp3) is 0.333. The first-order valence-corrected chi connectivity index (χ1v) is 11.1. The lowest BCUT2D eigenvalue weighted by molar-refractivity contribution is -0.139. The molecular weight excluding hydrogens is 402 g/mol. The number of esters is 1. The SMILES string of the molecule is CCCOC(=O)C1=C(C)NC2=C(C(=O)C[C@H](c3ccccc3)C2)[C@H]1c1cccc(OC)c1. The number of methoxy groups -OCH3 is 1. The molecule has 2 aliphatic rings. The quantitative estimate of drug-likeness (QED) is 0.652. The van der Waals surface area contributed by atoms with Crippen molar-refractivity contribution >= 4 is 11.8 Å². The van der Waals surface area contributed by atoms with Gasteiger partial charge in [-0.25, -0.2) is 4.79 Å². The monoisotopic (exact) mass is 431 g/mol. The molecule has 5 heteroatoms. The van der Waals surface area contributed by atoms with Gasteiger partial charge in [0.15, 0.2) is 5.78 Å². The molecule has 1 N–H and O–H groups in total. The van der Waals surface area contributed by atoms with Crippen molar-refractivity contribution in [2.75, 3.05) is 13.7 Å². The second-order valence-electron chi connectivity index (χ2n) is 8.34. The lowest BCUT2D eigenvalue weighted by atomic mass is 9.71. The summed E-state index contributed by atoms with van der Waals surface area (Å²) in [5.74, 6) is 0.00711. The highest BCUT2D eigenvalue weighted by molar-refractivity contribution is 6.04. The number of carbonyl (C=O) groups excluding carboxylic acids is 2.